The third-order valence-electron chi connectivity index (χ3n) is 3.57. The number of hydrogen-bond acceptors (Lipinski definition) is 6. The Morgan fingerprint density at radius 1 is 1.13 bits per heavy atom. The van der Waals surface area contributed by atoms with Crippen LogP contribution in [0.25, 0.3) is 21.7 Å². The van der Waals surface area contributed by atoms with Crippen LogP contribution in [0.3, 0.4) is 0 Å². The van der Waals surface area contributed by atoms with Crippen molar-refractivity contribution in [2.24, 2.45) is 0 Å². The first-order chi connectivity index (χ1) is 11.2. The number of oxazole rings is 1. The molecule has 0 amide bonds. The molecule has 4 nitrogen and oxygen atoms in total. The van der Waals surface area contributed by atoms with Crippen LogP contribution in [-0.4, -0.2) is 9.97 Å². The van der Waals surface area contributed by atoms with E-state index < -0.39 is 0 Å². The lowest BCUT2D eigenvalue weighted by Crippen LogP contribution is -1.89. The van der Waals surface area contributed by atoms with Gasteiger partial charge in [0.1, 0.15) is 5.52 Å². The lowest BCUT2D eigenvalue weighted by atomic mass is 10.0. The van der Waals surface area contributed by atoms with E-state index in [1.165, 1.54) is 5.56 Å². The molecule has 23 heavy (non-hydrogen) atoms. The second-order valence-electron chi connectivity index (χ2n) is 5.54. The van der Waals surface area contributed by atoms with E-state index in [2.05, 4.69) is 52.7 Å². The first-order valence-corrected chi connectivity index (χ1v) is 9.12. The summed E-state index contributed by atoms with van der Waals surface area (Å²) in [5.41, 5.74) is 3.89. The predicted molar refractivity (Wildman–Crippen MR) is 96.8 cm³/mol. The zero-order valence-electron chi connectivity index (χ0n) is 12.7. The highest BCUT2D eigenvalue weighted by Crippen LogP contribution is 2.31. The molecule has 1 aromatic carbocycles. The van der Waals surface area contributed by atoms with E-state index in [1.54, 1.807) is 22.7 Å². The van der Waals surface area contributed by atoms with Gasteiger partial charge >= 0.3 is 6.01 Å². The zero-order chi connectivity index (χ0) is 15.8. The molecule has 6 heteroatoms. The van der Waals surface area contributed by atoms with Crippen molar-refractivity contribution < 1.29 is 4.42 Å². The number of fused-ring (bicyclic) bond motifs is 1. The minimum Gasteiger partial charge on any atom is -0.423 e. The van der Waals surface area contributed by atoms with Crippen molar-refractivity contribution in [3.63, 3.8) is 0 Å². The van der Waals surface area contributed by atoms with E-state index >= 15 is 0 Å². The van der Waals surface area contributed by atoms with E-state index in [0.29, 0.717) is 11.9 Å². The van der Waals surface area contributed by atoms with Crippen LogP contribution in [-0.2, 0) is 0 Å². The van der Waals surface area contributed by atoms with Gasteiger partial charge < -0.3 is 4.42 Å². The summed E-state index contributed by atoms with van der Waals surface area (Å²) in [5, 5.41) is 8.03. The smallest absolute Gasteiger partial charge is 0.302 e. The van der Waals surface area contributed by atoms with Gasteiger partial charge in [0.25, 0.3) is 0 Å². The second-order valence-corrected chi connectivity index (χ2v) is 7.35. The molecule has 3 aromatic heterocycles. The summed E-state index contributed by atoms with van der Waals surface area (Å²) < 4.78 is 5.75. The quantitative estimate of drug-likeness (QED) is 0.503. The number of thiophene rings is 1. The fraction of sp³-hybridized carbons (Fsp3) is 0.176. The van der Waals surface area contributed by atoms with Crippen LogP contribution in [0.4, 0.5) is 11.1 Å². The number of hydrogen-bond donors (Lipinski definition) is 1. The first kappa shape index (κ1) is 14.4. The molecule has 0 fully saturated rings. The molecule has 1 N–H and O–H groups in total. The van der Waals surface area contributed by atoms with Crippen molar-refractivity contribution in [3.05, 3.63) is 46.7 Å². The molecule has 4 aromatic rings. The summed E-state index contributed by atoms with van der Waals surface area (Å²) in [7, 11) is 0. The predicted octanol–water partition coefficient (Wildman–Crippen LogP) is 5.88. The van der Waals surface area contributed by atoms with Gasteiger partial charge in [-0.3, -0.25) is 5.32 Å². The van der Waals surface area contributed by atoms with Gasteiger partial charge in [-0.15, -0.1) is 22.7 Å². The standard InChI is InChI=1S/C17H15N3OS2/c1-10(2)11-5-6-14-12(8-11)18-16(21-14)20-17-19-13(9-23-17)15-4-3-7-22-15/h3-10H,1-2H3,(H,18,19,20). The van der Waals surface area contributed by atoms with Crippen LogP contribution in [0.1, 0.15) is 25.3 Å². The van der Waals surface area contributed by atoms with Gasteiger partial charge in [0.05, 0.1) is 10.6 Å². The van der Waals surface area contributed by atoms with Crippen molar-refractivity contribution >= 4 is 44.9 Å². The van der Waals surface area contributed by atoms with E-state index in [4.69, 9.17) is 4.42 Å². The number of nitrogens with zero attached hydrogens (tertiary/aromatic N) is 2. The number of anilines is 2. The minimum absolute atomic E-state index is 0.472. The van der Waals surface area contributed by atoms with E-state index in [1.807, 2.05) is 17.5 Å². The molecule has 0 radical (unpaired) electrons. The molecule has 116 valence electrons. The van der Waals surface area contributed by atoms with Gasteiger partial charge in [-0.05, 0) is 35.1 Å². The molecule has 0 aliphatic rings. The largest absolute Gasteiger partial charge is 0.423 e. The van der Waals surface area contributed by atoms with Crippen molar-refractivity contribution in [2.75, 3.05) is 5.32 Å². The maximum Gasteiger partial charge on any atom is 0.302 e. The summed E-state index contributed by atoms with van der Waals surface area (Å²) in [6, 6.07) is 10.7. The summed E-state index contributed by atoms with van der Waals surface area (Å²) >= 11 is 3.23. The SMILES string of the molecule is CC(C)c1ccc2oc(Nc3nc(-c4cccs4)cs3)nc2c1. The van der Waals surface area contributed by atoms with Crippen LogP contribution >= 0.6 is 22.7 Å². The molecule has 0 spiro atoms. The molecular formula is C17H15N3OS2. The van der Waals surface area contributed by atoms with Gasteiger partial charge in [0.15, 0.2) is 10.7 Å². The highest BCUT2D eigenvalue weighted by atomic mass is 32.1. The first-order valence-electron chi connectivity index (χ1n) is 7.36. The normalized spacial score (nSPS) is 11.4. The van der Waals surface area contributed by atoms with Gasteiger partial charge in [-0.25, -0.2) is 4.98 Å². The average molecular weight is 341 g/mol. The van der Waals surface area contributed by atoms with Crippen LogP contribution in [0.5, 0.6) is 0 Å². The van der Waals surface area contributed by atoms with Crippen molar-refractivity contribution in [1.82, 2.24) is 9.97 Å². The average Bonchev–Trinajstić information content (AvgIpc) is 3.26. The van der Waals surface area contributed by atoms with E-state index in [9.17, 15) is 0 Å². The Bertz CT molecular complexity index is 938. The Balaban J connectivity index is 1.60. The molecule has 0 unspecified atom stereocenters. The number of aromatic nitrogens is 2. The maximum absolute atomic E-state index is 5.75. The summed E-state index contributed by atoms with van der Waals surface area (Å²) in [6.45, 7) is 4.34. The number of thiazole rings is 1. The van der Waals surface area contributed by atoms with Gasteiger partial charge in [-0.1, -0.05) is 26.0 Å². The lowest BCUT2D eigenvalue weighted by Gasteiger charge is -2.02. The Labute approximate surface area is 141 Å². The third-order valence-corrected chi connectivity index (χ3v) is 5.22. The van der Waals surface area contributed by atoms with Gasteiger partial charge in [-0.2, -0.15) is 4.98 Å². The van der Waals surface area contributed by atoms with Crippen LogP contribution < -0.4 is 5.32 Å². The second kappa shape index (κ2) is 5.79. The molecule has 0 aliphatic carbocycles. The van der Waals surface area contributed by atoms with Crippen LogP contribution in [0, 0.1) is 0 Å². The van der Waals surface area contributed by atoms with Crippen LogP contribution in [0.15, 0.2) is 45.5 Å². The third kappa shape index (κ3) is 2.87. The maximum atomic E-state index is 5.75. The molecule has 0 atom stereocenters. The van der Waals surface area contributed by atoms with E-state index in [-0.39, 0.29) is 0 Å². The van der Waals surface area contributed by atoms with Crippen LogP contribution in [0.2, 0.25) is 0 Å². The Morgan fingerprint density at radius 3 is 2.83 bits per heavy atom. The zero-order valence-corrected chi connectivity index (χ0v) is 14.4. The highest BCUT2D eigenvalue weighted by Gasteiger charge is 2.11. The molecule has 4 rings (SSSR count). The molecule has 0 aliphatic heterocycles. The Kier molecular flexibility index (Phi) is 3.63. The number of benzene rings is 1. The number of nitrogens with one attached hydrogen (secondary N) is 1. The Morgan fingerprint density at radius 2 is 2.04 bits per heavy atom. The number of rotatable bonds is 4. The summed E-state index contributed by atoms with van der Waals surface area (Å²) in [5.74, 6) is 0.472. The minimum atomic E-state index is 0.472. The lowest BCUT2D eigenvalue weighted by molar-refractivity contribution is 0.623. The summed E-state index contributed by atoms with van der Waals surface area (Å²) in [6.07, 6.45) is 0. The van der Waals surface area contributed by atoms with Crippen molar-refractivity contribution in [3.8, 4) is 10.6 Å². The molecule has 0 bridgehead atoms. The topological polar surface area (TPSA) is 51.0 Å². The van der Waals surface area contributed by atoms with Crippen molar-refractivity contribution in [1.29, 1.82) is 0 Å². The highest BCUT2D eigenvalue weighted by molar-refractivity contribution is 7.16. The van der Waals surface area contributed by atoms with Gasteiger partial charge in [0.2, 0.25) is 0 Å². The molecule has 0 saturated carbocycles. The Hall–Kier alpha value is -2.18. The molecule has 3 heterocycles. The summed E-state index contributed by atoms with van der Waals surface area (Å²) in [4.78, 5) is 10.3. The van der Waals surface area contributed by atoms with E-state index in [0.717, 1.165) is 26.8 Å². The molecule has 0 saturated heterocycles. The van der Waals surface area contributed by atoms with Crippen molar-refractivity contribution in [2.45, 2.75) is 19.8 Å². The van der Waals surface area contributed by atoms with Gasteiger partial charge in [0, 0.05) is 5.38 Å². The monoisotopic (exact) mass is 341 g/mol. The fourth-order valence-corrected chi connectivity index (χ4v) is 3.78. The fourth-order valence-electron chi connectivity index (χ4n) is 2.32. The molecular weight excluding hydrogens is 326 g/mol.